The molecule has 1 saturated heterocycles. The van der Waals surface area contributed by atoms with Gasteiger partial charge < -0.3 is 15.7 Å². The zero-order chi connectivity index (χ0) is 13.1. The van der Waals surface area contributed by atoms with Gasteiger partial charge in [0.1, 0.15) is 5.75 Å². The first-order valence-electron chi connectivity index (χ1n) is 6.28. The van der Waals surface area contributed by atoms with Crippen LogP contribution in [-0.4, -0.2) is 40.0 Å². The molecule has 1 fully saturated rings. The zero-order valence-electron chi connectivity index (χ0n) is 11.0. The summed E-state index contributed by atoms with van der Waals surface area (Å²) in [6, 6.07) is 3.12. The molecule has 6 heteroatoms. The third-order valence-corrected chi connectivity index (χ3v) is 3.50. The van der Waals surface area contributed by atoms with Crippen LogP contribution in [0.2, 0.25) is 0 Å². The number of nitrogens with zero attached hydrogens (tertiary/aromatic N) is 2. The number of aromatic hydroxyl groups is 1. The smallest absolute Gasteiger partial charge is 0.276 e. The minimum Gasteiger partial charge on any atom is -0.505 e. The van der Waals surface area contributed by atoms with Crippen LogP contribution in [0.25, 0.3) is 0 Å². The molecule has 0 spiro atoms. The molecule has 0 aliphatic carbocycles. The van der Waals surface area contributed by atoms with E-state index in [0.29, 0.717) is 19.0 Å². The molecule has 5 nitrogen and oxygen atoms in total. The standard InChI is InChI=1S/C13H19N3O2.ClH/c1-9-4-6-16(10(7-9)8-14)13(18)12-11(17)3-2-5-15-12;/h2-3,5,9-10,17H,4,6-8,14H2,1H3;1H. The number of pyridine rings is 1. The van der Waals surface area contributed by atoms with E-state index in [-0.39, 0.29) is 35.8 Å². The zero-order valence-corrected chi connectivity index (χ0v) is 11.8. The van der Waals surface area contributed by atoms with Gasteiger partial charge in [-0.1, -0.05) is 6.92 Å². The summed E-state index contributed by atoms with van der Waals surface area (Å²) in [5.74, 6) is 0.285. The second-order valence-corrected chi connectivity index (χ2v) is 4.89. The Labute approximate surface area is 119 Å². The maximum atomic E-state index is 12.3. The van der Waals surface area contributed by atoms with Gasteiger partial charge >= 0.3 is 0 Å². The second kappa shape index (κ2) is 6.73. The minimum absolute atomic E-state index is 0. The highest BCUT2D eigenvalue weighted by Gasteiger charge is 2.31. The number of halogens is 1. The van der Waals surface area contributed by atoms with Crippen molar-refractivity contribution in [3.8, 4) is 5.75 Å². The number of hydrogen-bond acceptors (Lipinski definition) is 4. The van der Waals surface area contributed by atoms with Gasteiger partial charge in [0.25, 0.3) is 5.91 Å². The van der Waals surface area contributed by atoms with Crippen molar-refractivity contribution in [2.75, 3.05) is 13.1 Å². The topological polar surface area (TPSA) is 79.5 Å². The molecule has 0 bridgehead atoms. The van der Waals surface area contributed by atoms with Crippen LogP contribution in [0.5, 0.6) is 5.75 Å². The molecular formula is C13H20ClN3O2. The number of nitrogens with two attached hydrogens (primary N) is 1. The number of piperidine rings is 1. The van der Waals surface area contributed by atoms with Crippen molar-refractivity contribution in [3.05, 3.63) is 24.0 Å². The van der Waals surface area contributed by atoms with Crippen LogP contribution in [-0.2, 0) is 0 Å². The van der Waals surface area contributed by atoms with Gasteiger partial charge in [0.2, 0.25) is 0 Å². The van der Waals surface area contributed by atoms with Crippen molar-refractivity contribution in [3.63, 3.8) is 0 Å². The molecule has 2 heterocycles. The van der Waals surface area contributed by atoms with Gasteiger partial charge in [-0.05, 0) is 30.9 Å². The van der Waals surface area contributed by atoms with Crippen LogP contribution >= 0.6 is 12.4 Å². The summed E-state index contributed by atoms with van der Waals surface area (Å²) in [7, 11) is 0. The molecule has 3 N–H and O–H groups in total. The van der Waals surface area contributed by atoms with Crippen LogP contribution in [0.4, 0.5) is 0 Å². The lowest BCUT2D eigenvalue weighted by Gasteiger charge is -2.37. The Kier molecular flexibility index (Phi) is 5.57. The normalized spacial score (nSPS) is 22.7. The summed E-state index contributed by atoms with van der Waals surface area (Å²) < 4.78 is 0. The number of hydrogen-bond donors (Lipinski definition) is 2. The average molecular weight is 286 g/mol. The van der Waals surface area contributed by atoms with E-state index in [1.165, 1.54) is 12.3 Å². The Hall–Kier alpha value is -1.33. The van der Waals surface area contributed by atoms with E-state index in [4.69, 9.17) is 5.73 Å². The summed E-state index contributed by atoms with van der Waals surface area (Å²) in [6.07, 6.45) is 3.39. The van der Waals surface area contributed by atoms with Crippen LogP contribution in [0.3, 0.4) is 0 Å². The van der Waals surface area contributed by atoms with Crippen molar-refractivity contribution in [2.45, 2.75) is 25.8 Å². The van der Waals surface area contributed by atoms with E-state index in [0.717, 1.165) is 12.8 Å². The van der Waals surface area contributed by atoms with Gasteiger partial charge in [0.15, 0.2) is 5.69 Å². The predicted molar refractivity (Wildman–Crippen MR) is 75.4 cm³/mol. The third-order valence-electron chi connectivity index (χ3n) is 3.50. The summed E-state index contributed by atoms with van der Waals surface area (Å²) in [4.78, 5) is 18.0. The first-order chi connectivity index (χ1) is 8.63. The molecule has 106 valence electrons. The molecule has 1 aromatic heterocycles. The third kappa shape index (κ3) is 3.36. The number of rotatable bonds is 2. The van der Waals surface area contributed by atoms with E-state index in [2.05, 4.69) is 11.9 Å². The number of amides is 1. The van der Waals surface area contributed by atoms with Crippen molar-refractivity contribution in [1.82, 2.24) is 9.88 Å². The van der Waals surface area contributed by atoms with Crippen molar-refractivity contribution >= 4 is 18.3 Å². The largest absolute Gasteiger partial charge is 0.505 e. The number of carbonyl (C=O) groups excluding carboxylic acids is 1. The molecular weight excluding hydrogens is 266 g/mol. The molecule has 2 atom stereocenters. The summed E-state index contributed by atoms with van der Waals surface area (Å²) in [6.45, 7) is 3.30. The van der Waals surface area contributed by atoms with Gasteiger partial charge in [0.05, 0.1) is 0 Å². The fraction of sp³-hybridized carbons (Fsp3) is 0.538. The van der Waals surface area contributed by atoms with E-state index in [1.807, 2.05) is 0 Å². The summed E-state index contributed by atoms with van der Waals surface area (Å²) in [5, 5.41) is 9.68. The minimum atomic E-state index is -0.226. The molecule has 1 aliphatic heterocycles. The summed E-state index contributed by atoms with van der Waals surface area (Å²) in [5.41, 5.74) is 5.85. The number of likely N-dealkylation sites (tertiary alicyclic amines) is 1. The molecule has 19 heavy (non-hydrogen) atoms. The molecule has 1 aliphatic rings. The van der Waals surface area contributed by atoms with E-state index >= 15 is 0 Å². The quantitative estimate of drug-likeness (QED) is 0.861. The molecule has 1 aromatic rings. The maximum absolute atomic E-state index is 12.3. The van der Waals surface area contributed by atoms with Crippen LogP contribution in [0.15, 0.2) is 18.3 Å². The average Bonchev–Trinajstić information content (AvgIpc) is 2.38. The summed E-state index contributed by atoms with van der Waals surface area (Å²) >= 11 is 0. The van der Waals surface area contributed by atoms with Gasteiger partial charge in [-0.15, -0.1) is 12.4 Å². The first kappa shape index (κ1) is 15.7. The van der Waals surface area contributed by atoms with Crippen LogP contribution in [0.1, 0.15) is 30.3 Å². The van der Waals surface area contributed by atoms with Crippen molar-refractivity contribution < 1.29 is 9.90 Å². The monoisotopic (exact) mass is 285 g/mol. The lowest BCUT2D eigenvalue weighted by molar-refractivity contribution is 0.0564. The lowest BCUT2D eigenvalue weighted by Crippen LogP contribution is -2.49. The highest BCUT2D eigenvalue weighted by atomic mass is 35.5. The second-order valence-electron chi connectivity index (χ2n) is 4.89. The Bertz CT molecular complexity index is 442. The van der Waals surface area contributed by atoms with E-state index in [1.54, 1.807) is 11.0 Å². The molecule has 0 aromatic carbocycles. The van der Waals surface area contributed by atoms with Gasteiger partial charge in [-0.2, -0.15) is 0 Å². The highest BCUT2D eigenvalue weighted by molar-refractivity contribution is 5.95. The van der Waals surface area contributed by atoms with E-state index < -0.39 is 0 Å². The Morgan fingerprint density at radius 3 is 3.00 bits per heavy atom. The van der Waals surface area contributed by atoms with Crippen molar-refractivity contribution in [2.24, 2.45) is 11.7 Å². The number of carbonyl (C=O) groups is 1. The Morgan fingerprint density at radius 2 is 2.37 bits per heavy atom. The fourth-order valence-corrected chi connectivity index (χ4v) is 2.44. The SMILES string of the molecule is CC1CCN(C(=O)c2ncccc2O)C(CN)C1.Cl. The van der Waals surface area contributed by atoms with Gasteiger partial charge in [-0.3, -0.25) is 4.79 Å². The Balaban J connectivity index is 0.00000180. The van der Waals surface area contributed by atoms with Gasteiger partial charge in [0, 0.05) is 25.3 Å². The Morgan fingerprint density at radius 1 is 1.63 bits per heavy atom. The molecule has 0 saturated carbocycles. The predicted octanol–water partition coefficient (Wildman–Crippen LogP) is 1.41. The van der Waals surface area contributed by atoms with Crippen LogP contribution < -0.4 is 5.73 Å². The molecule has 0 radical (unpaired) electrons. The van der Waals surface area contributed by atoms with Gasteiger partial charge in [-0.25, -0.2) is 4.98 Å². The molecule has 2 rings (SSSR count). The van der Waals surface area contributed by atoms with Crippen LogP contribution in [0, 0.1) is 5.92 Å². The van der Waals surface area contributed by atoms with E-state index in [9.17, 15) is 9.90 Å². The highest BCUT2D eigenvalue weighted by Crippen LogP contribution is 2.25. The first-order valence-corrected chi connectivity index (χ1v) is 6.28. The fourth-order valence-electron chi connectivity index (χ4n) is 2.44. The molecule has 1 amide bonds. The maximum Gasteiger partial charge on any atom is 0.276 e. The number of aromatic nitrogens is 1. The lowest BCUT2D eigenvalue weighted by atomic mass is 9.92. The molecule has 2 unspecified atom stereocenters. The van der Waals surface area contributed by atoms with Crippen molar-refractivity contribution in [1.29, 1.82) is 0 Å².